The molecule has 3 rings (SSSR count). The van der Waals surface area contributed by atoms with Gasteiger partial charge in [0.1, 0.15) is 11.3 Å². The monoisotopic (exact) mass is 397 g/mol. The average Bonchev–Trinajstić information content (AvgIpc) is 2.76. The molecule has 2 aromatic rings. The van der Waals surface area contributed by atoms with Crippen molar-refractivity contribution >= 4 is 17.6 Å². The van der Waals surface area contributed by atoms with E-state index in [0.29, 0.717) is 49.7 Å². The second-order valence-electron chi connectivity index (χ2n) is 6.88. The van der Waals surface area contributed by atoms with Crippen LogP contribution >= 0.6 is 0 Å². The number of carbonyl (C=O) groups is 2. The minimum atomic E-state index is -0.664. The molecule has 6 nitrogen and oxygen atoms in total. The number of carbonyl (C=O) groups excluding carboxylic acids is 2. The zero-order chi connectivity index (χ0) is 20.7. The highest BCUT2D eigenvalue weighted by atomic mass is 16.5. The molecule has 0 saturated carbocycles. The van der Waals surface area contributed by atoms with Crippen molar-refractivity contribution < 1.29 is 23.8 Å². The Labute approximate surface area is 171 Å². The number of nitrogens with one attached hydrogen (secondary N) is 1. The van der Waals surface area contributed by atoms with Crippen molar-refractivity contribution in [1.82, 2.24) is 0 Å². The Kier molecular flexibility index (Phi) is 6.88. The lowest BCUT2D eigenvalue weighted by molar-refractivity contribution is -0.125. The number of esters is 1. The summed E-state index contributed by atoms with van der Waals surface area (Å²) in [7, 11) is 0. The van der Waals surface area contributed by atoms with Crippen molar-refractivity contribution in [2.75, 3.05) is 31.7 Å². The Balaban J connectivity index is 1.90. The van der Waals surface area contributed by atoms with Gasteiger partial charge in [-0.05, 0) is 50.5 Å². The van der Waals surface area contributed by atoms with Gasteiger partial charge in [-0.3, -0.25) is 4.79 Å². The second-order valence-corrected chi connectivity index (χ2v) is 6.88. The lowest BCUT2D eigenvalue weighted by Crippen LogP contribution is -2.44. The van der Waals surface area contributed by atoms with Crippen molar-refractivity contribution in [1.29, 1.82) is 0 Å². The molecule has 1 aliphatic rings. The number of anilines is 1. The number of ether oxygens (including phenoxy) is 3. The predicted molar refractivity (Wildman–Crippen MR) is 110 cm³/mol. The van der Waals surface area contributed by atoms with Crippen LogP contribution in [0.25, 0.3) is 0 Å². The van der Waals surface area contributed by atoms with Crippen molar-refractivity contribution in [2.45, 2.75) is 32.1 Å². The molecule has 1 amide bonds. The van der Waals surface area contributed by atoms with Gasteiger partial charge in [-0.25, -0.2) is 4.79 Å². The summed E-state index contributed by atoms with van der Waals surface area (Å²) < 4.78 is 16.2. The van der Waals surface area contributed by atoms with Gasteiger partial charge in [-0.2, -0.15) is 0 Å². The molecule has 0 atom stereocenters. The summed E-state index contributed by atoms with van der Waals surface area (Å²) in [5.41, 5.74) is 1.13. The van der Waals surface area contributed by atoms with E-state index in [1.807, 2.05) is 37.3 Å². The van der Waals surface area contributed by atoms with E-state index in [1.54, 1.807) is 25.1 Å². The first-order valence-corrected chi connectivity index (χ1v) is 9.99. The maximum absolute atomic E-state index is 13.4. The number of amides is 1. The van der Waals surface area contributed by atoms with Gasteiger partial charge < -0.3 is 19.5 Å². The van der Waals surface area contributed by atoms with Crippen LogP contribution in [0.4, 0.5) is 5.69 Å². The summed E-state index contributed by atoms with van der Waals surface area (Å²) in [6, 6.07) is 14.8. The molecule has 0 radical (unpaired) electrons. The van der Waals surface area contributed by atoms with E-state index in [2.05, 4.69) is 5.32 Å². The topological polar surface area (TPSA) is 73.9 Å². The van der Waals surface area contributed by atoms with Gasteiger partial charge in [0.05, 0.1) is 18.6 Å². The Morgan fingerprint density at radius 3 is 2.41 bits per heavy atom. The highest BCUT2D eigenvalue weighted by Gasteiger charge is 2.41. The van der Waals surface area contributed by atoms with E-state index in [9.17, 15) is 9.59 Å². The molecule has 1 N–H and O–H groups in total. The van der Waals surface area contributed by atoms with E-state index in [0.717, 1.165) is 5.56 Å². The van der Waals surface area contributed by atoms with Crippen molar-refractivity contribution in [2.24, 2.45) is 0 Å². The zero-order valence-corrected chi connectivity index (χ0v) is 16.9. The molecule has 154 valence electrons. The average molecular weight is 397 g/mol. The maximum Gasteiger partial charge on any atom is 0.341 e. The van der Waals surface area contributed by atoms with Gasteiger partial charge in [0.15, 0.2) is 0 Å². The lowest BCUT2D eigenvalue weighted by Gasteiger charge is -2.36. The zero-order valence-electron chi connectivity index (χ0n) is 16.9. The van der Waals surface area contributed by atoms with Crippen molar-refractivity contribution in [3.8, 4) is 5.75 Å². The number of rotatable bonds is 7. The van der Waals surface area contributed by atoms with Crippen LogP contribution in [0.5, 0.6) is 5.75 Å². The number of hydrogen-bond acceptors (Lipinski definition) is 5. The van der Waals surface area contributed by atoms with Gasteiger partial charge in [-0.1, -0.05) is 30.3 Å². The Bertz CT molecular complexity index is 844. The summed E-state index contributed by atoms with van der Waals surface area (Å²) in [6.45, 7) is 5.34. The fraction of sp³-hybridized carbons (Fsp3) is 0.391. The molecular formula is C23H27NO5. The van der Waals surface area contributed by atoms with E-state index < -0.39 is 11.4 Å². The van der Waals surface area contributed by atoms with E-state index in [1.165, 1.54) is 0 Å². The van der Waals surface area contributed by atoms with Crippen LogP contribution in [0.2, 0.25) is 0 Å². The molecule has 0 aliphatic carbocycles. The third-order valence-corrected chi connectivity index (χ3v) is 5.14. The Morgan fingerprint density at radius 1 is 1.03 bits per heavy atom. The van der Waals surface area contributed by atoms with Gasteiger partial charge in [-0.15, -0.1) is 0 Å². The number of benzene rings is 2. The molecule has 0 spiro atoms. The molecule has 6 heteroatoms. The van der Waals surface area contributed by atoms with E-state index in [-0.39, 0.29) is 12.5 Å². The van der Waals surface area contributed by atoms with Crippen LogP contribution in [-0.4, -0.2) is 38.3 Å². The lowest BCUT2D eigenvalue weighted by atomic mass is 9.73. The predicted octanol–water partition coefficient (Wildman–Crippen LogP) is 3.95. The summed E-state index contributed by atoms with van der Waals surface area (Å²) >= 11 is 0. The van der Waals surface area contributed by atoms with Gasteiger partial charge >= 0.3 is 5.97 Å². The first kappa shape index (κ1) is 20.9. The summed E-state index contributed by atoms with van der Waals surface area (Å²) in [6.07, 6.45) is 1.20. The largest absolute Gasteiger partial charge is 0.493 e. The summed E-state index contributed by atoms with van der Waals surface area (Å²) in [4.78, 5) is 25.7. The highest BCUT2D eigenvalue weighted by Crippen LogP contribution is 2.36. The SMILES string of the molecule is CCOC(=O)c1cc(NC(=O)C2(c3ccccc3)CCOCC2)ccc1OCC. The quantitative estimate of drug-likeness (QED) is 0.716. The normalized spacial score (nSPS) is 15.4. The molecule has 0 unspecified atom stereocenters. The van der Waals surface area contributed by atoms with Crippen molar-refractivity contribution in [3.05, 3.63) is 59.7 Å². The third-order valence-electron chi connectivity index (χ3n) is 5.14. The molecular weight excluding hydrogens is 370 g/mol. The molecule has 0 aromatic heterocycles. The smallest absolute Gasteiger partial charge is 0.341 e. The molecule has 0 bridgehead atoms. The van der Waals surface area contributed by atoms with Crippen LogP contribution in [-0.2, 0) is 19.7 Å². The summed E-state index contributed by atoms with van der Waals surface area (Å²) in [5, 5.41) is 3.00. The van der Waals surface area contributed by atoms with Crippen LogP contribution in [0.1, 0.15) is 42.6 Å². The first-order valence-electron chi connectivity index (χ1n) is 9.99. The van der Waals surface area contributed by atoms with E-state index >= 15 is 0 Å². The minimum Gasteiger partial charge on any atom is -0.493 e. The highest BCUT2D eigenvalue weighted by molar-refractivity contribution is 6.01. The standard InChI is InChI=1S/C23H27NO5/c1-3-28-20-11-10-18(16-19(20)21(25)29-4-2)24-22(26)23(12-14-27-15-13-23)17-8-6-5-7-9-17/h5-11,16H,3-4,12-15H2,1-2H3,(H,24,26). The van der Waals surface area contributed by atoms with E-state index in [4.69, 9.17) is 14.2 Å². The molecule has 1 fully saturated rings. The molecule has 2 aromatic carbocycles. The molecule has 1 aliphatic heterocycles. The van der Waals surface area contributed by atoms with Crippen LogP contribution in [0, 0.1) is 0 Å². The van der Waals surface area contributed by atoms with Crippen LogP contribution in [0.3, 0.4) is 0 Å². The van der Waals surface area contributed by atoms with Crippen molar-refractivity contribution in [3.63, 3.8) is 0 Å². The second kappa shape index (κ2) is 9.56. The third kappa shape index (κ3) is 4.59. The summed E-state index contributed by atoms with van der Waals surface area (Å²) in [5.74, 6) is -0.144. The number of hydrogen-bond donors (Lipinski definition) is 1. The fourth-order valence-electron chi connectivity index (χ4n) is 3.63. The fourth-order valence-corrected chi connectivity index (χ4v) is 3.63. The molecule has 1 heterocycles. The maximum atomic E-state index is 13.4. The molecule has 1 saturated heterocycles. The Morgan fingerprint density at radius 2 is 1.76 bits per heavy atom. The van der Waals surface area contributed by atoms with Crippen LogP contribution in [0.15, 0.2) is 48.5 Å². The van der Waals surface area contributed by atoms with Gasteiger partial charge in [0.2, 0.25) is 5.91 Å². The minimum absolute atomic E-state index is 0.106. The van der Waals surface area contributed by atoms with Gasteiger partial charge in [0.25, 0.3) is 0 Å². The van der Waals surface area contributed by atoms with Crippen LogP contribution < -0.4 is 10.1 Å². The van der Waals surface area contributed by atoms with Gasteiger partial charge in [0, 0.05) is 18.9 Å². The molecule has 29 heavy (non-hydrogen) atoms. The Hall–Kier alpha value is -2.86. The first-order chi connectivity index (χ1) is 14.1.